The summed E-state index contributed by atoms with van der Waals surface area (Å²) in [6, 6.07) is 60.2. The molecule has 0 aliphatic heterocycles. The molecule has 0 radical (unpaired) electrons. The van der Waals surface area contributed by atoms with E-state index in [4.69, 9.17) is 20.1 Å². The van der Waals surface area contributed by atoms with Crippen molar-refractivity contribution in [3.8, 4) is 33.4 Å². The van der Waals surface area contributed by atoms with Gasteiger partial charge in [0.05, 0.1) is 6.54 Å². The summed E-state index contributed by atoms with van der Waals surface area (Å²) in [6.45, 7) is 0.413. The summed E-state index contributed by atoms with van der Waals surface area (Å²) in [6.07, 6.45) is 0. The molecule has 0 aliphatic rings. The number of amidine groups is 2. The van der Waals surface area contributed by atoms with Gasteiger partial charge in [-0.15, -0.1) is 0 Å². The highest BCUT2D eigenvalue weighted by atomic mass is 16.3. The van der Waals surface area contributed by atoms with Crippen LogP contribution in [0, 0.1) is 0 Å². The van der Waals surface area contributed by atoms with Crippen LogP contribution in [0.2, 0.25) is 0 Å². The quantitative estimate of drug-likeness (QED) is 0.140. The third kappa shape index (κ3) is 6.28. The Kier molecular flexibility index (Phi) is 8.11. The Labute approximate surface area is 285 Å². The Morgan fingerprint density at radius 3 is 1.63 bits per heavy atom. The second-order valence-corrected chi connectivity index (χ2v) is 12.0. The average Bonchev–Trinajstić information content (AvgIpc) is 3.56. The van der Waals surface area contributed by atoms with E-state index >= 15 is 0 Å². The summed E-state index contributed by atoms with van der Waals surface area (Å²) in [5, 5.41) is 2.12. The van der Waals surface area contributed by atoms with Crippen LogP contribution in [-0.4, -0.2) is 11.7 Å². The van der Waals surface area contributed by atoms with Crippen molar-refractivity contribution in [3.63, 3.8) is 0 Å². The van der Waals surface area contributed by atoms with Crippen LogP contribution in [0.5, 0.6) is 0 Å². The van der Waals surface area contributed by atoms with Crippen LogP contribution in [0.25, 0.3) is 55.3 Å². The summed E-state index contributed by atoms with van der Waals surface area (Å²) in [7, 11) is 0. The van der Waals surface area contributed by atoms with E-state index in [1.54, 1.807) is 0 Å². The first-order valence-corrected chi connectivity index (χ1v) is 16.4. The number of nitrogens with zero attached hydrogens (tertiary/aromatic N) is 2. The van der Waals surface area contributed by atoms with Gasteiger partial charge in [0.25, 0.3) is 0 Å². The van der Waals surface area contributed by atoms with Crippen LogP contribution < -0.4 is 5.73 Å². The molecule has 0 amide bonds. The van der Waals surface area contributed by atoms with E-state index < -0.39 is 0 Å². The maximum absolute atomic E-state index is 6.61. The summed E-state index contributed by atoms with van der Waals surface area (Å²) in [4.78, 5) is 9.93. The van der Waals surface area contributed by atoms with Gasteiger partial charge in [0.2, 0.25) is 0 Å². The largest absolute Gasteiger partial charge is 0.456 e. The van der Waals surface area contributed by atoms with Crippen LogP contribution in [0.15, 0.2) is 190 Å². The monoisotopic (exact) mass is 631 g/mol. The van der Waals surface area contributed by atoms with Crippen LogP contribution in [0.4, 0.5) is 0 Å². The van der Waals surface area contributed by atoms with E-state index in [9.17, 15) is 0 Å². The van der Waals surface area contributed by atoms with Crippen molar-refractivity contribution in [1.29, 1.82) is 0 Å². The maximum Gasteiger partial charge on any atom is 0.157 e. The highest BCUT2D eigenvalue weighted by Gasteiger charge is 2.14. The van der Waals surface area contributed by atoms with Crippen LogP contribution in [0.3, 0.4) is 0 Å². The molecule has 8 rings (SSSR count). The topological polar surface area (TPSA) is 63.9 Å². The van der Waals surface area contributed by atoms with Crippen molar-refractivity contribution in [3.05, 3.63) is 193 Å². The molecule has 0 unspecified atom stereocenters. The Balaban J connectivity index is 1.13. The average molecular weight is 632 g/mol. The number of rotatable bonds is 7. The van der Waals surface area contributed by atoms with Gasteiger partial charge in [-0.2, -0.15) is 0 Å². The second-order valence-electron chi connectivity index (χ2n) is 12.0. The molecule has 4 nitrogen and oxygen atoms in total. The number of furan rings is 1. The molecular formula is C45H33N3O. The summed E-state index contributed by atoms with van der Waals surface area (Å²) in [5.41, 5.74) is 18.1. The molecule has 4 heteroatoms. The van der Waals surface area contributed by atoms with Crippen molar-refractivity contribution >= 4 is 33.6 Å². The molecule has 1 aromatic heterocycles. The van der Waals surface area contributed by atoms with Crippen molar-refractivity contribution in [2.45, 2.75) is 6.54 Å². The zero-order valence-corrected chi connectivity index (χ0v) is 26.8. The minimum absolute atomic E-state index is 0.413. The van der Waals surface area contributed by atoms with E-state index in [-0.39, 0.29) is 0 Å². The minimum Gasteiger partial charge on any atom is -0.456 e. The van der Waals surface area contributed by atoms with Crippen molar-refractivity contribution < 1.29 is 4.42 Å². The zero-order chi connectivity index (χ0) is 33.0. The molecule has 0 bridgehead atoms. The normalized spacial score (nSPS) is 12.1. The van der Waals surface area contributed by atoms with Gasteiger partial charge in [0.15, 0.2) is 5.84 Å². The van der Waals surface area contributed by atoms with E-state index in [1.807, 2.05) is 78.9 Å². The molecule has 7 aromatic carbocycles. The number of aliphatic imine (C=N–C) groups is 2. The molecule has 49 heavy (non-hydrogen) atoms. The molecule has 2 N–H and O–H groups in total. The Morgan fingerprint density at radius 2 is 1.00 bits per heavy atom. The molecular weight excluding hydrogens is 599 g/mol. The predicted octanol–water partition coefficient (Wildman–Crippen LogP) is 10.9. The summed E-state index contributed by atoms with van der Waals surface area (Å²) in [5.74, 6) is 0.992. The lowest BCUT2D eigenvalue weighted by atomic mass is 9.98. The van der Waals surface area contributed by atoms with Gasteiger partial charge in [0, 0.05) is 21.9 Å². The first kappa shape index (κ1) is 29.9. The lowest BCUT2D eigenvalue weighted by Crippen LogP contribution is -2.16. The molecule has 0 aliphatic carbocycles. The van der Waals surface area contributed by atoms with Crippen molar-refractivity contribution in [2.75, 3.05) is 0 Å². The Morgan fingerprint density at radius 1 is 0.469 bits per heavy atom. The van der Waals surface area contributed by atoms with Gasteiger partial charge in [-0.1, -0.05) is 158 Å². The molecule has 0 saturated carbocycles. The Bertz CT molecular complexity index is 2430. The van der Waals surface area contributed by atoms with Gasteiger partial charge in [-0.25, -0.2) is 4.99 Å². The highest BCUT2D eigenvalue weighted by Crippen LogP contribution is 2.35. The third-order valence-corrected chi connectivity index (χ3v) is 8.85. The molecule has 0 atom stereocenters. The second kappa shape index (κ2) is 13.3. The molecule has 8 aromatic rings. The number of benzene rings is 7. The smallest absolute Gasteiger partial charge is 0.157 e. The van der Waals surface area contributed by atoms with Crippen LogP contribution in [-0.2, 0) is 6.54 Å². The first-order chi connectivity index (χ1) is 24.2. The van der Waals surface area contributed by atoms with Gasteiger partial charge in [0.1, 0.15) is 17.0 Å². The van der Waals surface area contributed by atoms with Crippen LogP contribution in [0.1, 0.15) is 16.7 Å². The van der Waals surface area contributed by atoms with E-state index in [0.717, 1.165) is 60.9 Å². The SMILES string of the molecule is N/C(=N\C(=N/Cc1cccc2oc3ccc(-c4ccc(-c5ccccc5)cc4)cc3c12)c1ccccc1)c1ccc(-c2ccccc2)cc1. The number of nitrogens with two attached hydrogens (primary N) is 1. The fraction of sp³-hybridized carbons (Fsp3) is 0.0222. The molecule has 0 fully saturated rings. The van der Waals surface area contributed by atoms with Crippen molar-refractivity contribution in [1.82, 2.24) is 0 Å². The molecule has 0 spiro atoms. The maximum atomic E-state index is 6.61. The highest BCUT2D eigenvalue weighted by molar-refractivity contribution is 6.11. The molecule has 234 valence electrons. The molecule has 1 heterocycles. The standard InChI is InChI=1S/C45H33N3O/c46-44(36-25-23-34(24-26-36)32-13-6-2-7-14-32)48-45(37-15-8-3-9-16-37)47-30-39-17-10-18-42-43(39)40-29-38(27-28-41(40)49-42)35-21-19-33(20-22-35)31-11-4-1-5-12-31/h1-29H,30H2,(H2,46,47,48). The van der Waals surface area contributed by atoms with Crippen molar-refractivity contribution in [2.24, 2.45) is 15.7 Å². The van der Waals surface area contributed by atoms with E-state index in [2.05, 4.69) is 97.1 Å². The van der Waals surface area contributed by atoms with E-state index in [1.165, 1.54) is 11.1 Å². The fourth-order valence-electron chi connectivity index (χ4n) is 6.28. The van der Waals surface area contributed by atoms with Gasteiger partial charge < -0.3 is 10.2 Å². The lowest BCUT2D eigenvalue weighted by molar-refractivity contribution is 0.668. The zero-order valence-electron chi connectivity index (χ0n) is 26.8. The summed E-state index contributed by atoms with van der Waals surface area (Å²) < 4.78 is 6.32. The third-order valence-electron chi connectivity index (χ3n) is 8.85. The Hall–Kier alpha value is -6.52. The lowest BCUT2D eigenvalue weighted by Gasteiger charge is -2.08. The van der Waals surface area contributed by atoms with Gasteiger partial charge >= 0.3 is 0 Å². The first-order valence-electron chi connectivity index (χ1n) is 16.4. The van der Waals surface area contributed by atoms with E-state index in [0.29, 0.717) is 18.2 Å². The summed E-state index contributed by atoms with van der Waals surface area (Å²) >= 11 is 0. The van der Waals surface area contributed by atoms with Crippen LogP contribution >= 0.6 is 0 Å². The number of fused-ring (bicyclic) bond motifs is 3. The molecule has 0 saturated heterocycles. The minimum atomic E-state index is 0.413. The predicted molar refractivity (Wildman–Crippen MR) is 204 cm³/mol. The fourth-order valence-corrected chi connectivity index (χ4v) is 6.28. The number of hydrogen-bond donors (Lipinski definition) is 1. The number of hydrogen-bond acceptors (Lipinski definition) is 2. The van der Waals surface area contributed by atoms with Gasteiger partial charge in [-0.3, -0.25) is 4.99 Å². The van der Waals surface area contributed by atoms with Gasteiger partial charge in [-0.05, 0) is 57.1 Å².